The van der Waals surface area contributed by atoms with Crippen molar-refractivity contribution in [2.45, 2.75) is 76.2 Å². The monoisotopic (exact) mass is 516 g/mol. The van der Waals surface area contributed by atoms with Crippen LogP contribution in [0.5, 0.6) is 0 Å². The maximum atomic E-state index is 12.2. The molecule has 0 aliphatic rings. The van der Waals surface area contributed by atoms with Crippen LogP contribution < -0.4 is 0 Å². The van der Waals surface area contributed by atoms with E-state index < -0.39 is 33.4 Å². The summed E-state index contributed by atoms with van der Waals surface area (Å²) in [6.45, 7) is 6.58. The highest BCUT2D eigenvalue weighted by Crippen LogP contribution is 2.54. The molecule has 0 aromatic carbocycles. The molecule has 0 saturated heterocycles. The predicted molar refractivity (Wildman–Crippen MR) is 97.7 cm³/mol. The summed E-state index contributed by atoms with van der Waals surface area (Å²) >= 11 is 0. The van der Waals surface area contributed by atoms with Crippen LogP contribution >= 0.6 is 0 Å². The standard InChI is InChI=1S/C12H25OS.C4HF9O3S/c1-4-7-8-9-10-12(13)11-14(5-2)6-3;5-1(6,3(9,10)11)2(7,8)4(12,13)17(14,15)16/h4-11H2,1-3H3;(H,14,15,16)/q+1;/p-1. The van der Waals surface area contributed by atoms with Gasteiger partial charge in [0.05, 0.1) is 0 Å². The van der Waals surface area contributed by atoms with Crippen LogP contribution in [0.25, 0.3) is 0 Å². The first-order valence-electron chi connectivity index (χ1n) is 9.05. The molecule has 0 bridgehead atoms. The number of unbranched alkanes of at least 4 members (excludes halogenated alkanes) is 3. The molecule has 188 valence electrons. The first kappa shape index (κ1) is 32.5. The van der Waals surface area contributed by atoms with Crippen molar-refractivity contribution in [3.05, 3.63) is 0 Å². The lowest BCUT2D eigenvalue weighted by atomic mass is 10.1. The SMILES string of the molecule is CCCCCCC(=O)C[S+](CC)CC.O=S(=O)([O-])C(F)(F)C(F)(F)C(F)(F)C(F)(F)F. The third-order valence-electron chi connectivity index (χ3n) is 3.92. The Labute approximate surface area is 178 Å². The number of rotatable bonds is 12. The van der Waals surface area contributed by atoms with Crippen molar-refractivity contribution in [3.8, 4) is 0 Å². The highest BCUT2D eigenvalue weighted by molar-refractivity contribution is 7.97. The second-order valence-electron chi connectivity index (χ2n) is 6.30. The average Bonchev–Trinajstić information content (AvgIpc) is 2.61. The third kappa shape index (κ3) is 8.98. The molecule has 4 nitrogen and oxygen atoms in total. The van der Waals surface area contributed by atoms with Gasteiger partial charge in [-0.15, -0.1) is 0 Å². The van der Waals surface area contributed by atoms with Crippen molar-refractivity contribution in [2.75, 3.05) is 17.3 Å². The van der Waals surface area contributed by atoms with Crippen molar-refractivity contribution in [1.82, 2.24) is 0 Å². The molecular formula is C16H25F9O4S2. The number of ketones is 1. The number of hydrogen-bond acceptors (Lipinski definition) is 4. The van der Waals surface area contributed by atoms with Crippen LogP contribution in [0.4, 0.5) is 39.5 Å². The Kier molecular flexibility index (Phi) is 13.1. The van der Waals surface area contributed by atoms with Gasteiger partial charge in [0.1, 0.15) is 11.5 Å². The molecule has 15 heteroatoms. The van der Waals surface area contributed by atoms with Gasteiger partial charge in [0, 0.05) is 6.42 Å². The summed E-state index contributed by atoms with van der Waals surface area (Å²) < 4.78 is 135. The summed E-state index contributed by atoms with van der Waals surface area (Å²) in [5.74, 6) is -11.1. The topological polar surface area (TPSA) is 74.3 Å². The molecule has 0 fully saturated rings. The van der Waals surface area contributed by atoms with Crippen LogP contribution in [0.1, 0.15) is 52.9 Å². The van der Waals surface area contributed by atoms with E-state index in [-0.39, 0.29) is 0 Å². The molecule has 0 aromatic heterocycles. The maximum absolute atomic E-state index is 12.2. The summed E-state index contributed by atoms with van der Waals surface area (Å²) in [4.78, 5) is 11.5. The van der Waals surface area contributed by atoms with E-state index in [1.54, 1.807) is 0 Å². The van der Waals surface area contributed by atoms with Crippen LogP contribution in [-0.4, -0.2) is 59.3 Å². The van der Waals surface area contributed by atoms with E-state index in [1.807, 2.05) is 0 Å². The fourth-order valence-corrected chi connectivity index (χ4v) is 3.83. The molecule has 0 saturated carbocycles. The Bertz CT molecular complexity index is 646. The quantitative estimate of drug-likeness (QED) is 0.156. The summed E-state index contributed by atoms with van der Waals surface area (Å²) in [5.41, 5.74) is 0. The average molecular weight is 516 g/mol. The number of hydrogen-bond donors (Lipinski definition) is 0. The van der Waals surface area contributed by atoms with Crippen molar-refractivity contribution in [1.29, 1.82) is 0 Å². The first-order chi connectivity index (χ1) is 13.7. The Morgan fingerprint density at radius 3 is 1.58 bits per heavy atom. The molecule has 0 amide bonds. The van der Waals surface area contributed by atoms with Gasteiger partial charge in [-0.1, -0.05) is 26.2 Å². The highest BCUT2D eigenvalue weighted by atomic mass is 32.2. The molecule has 0 atom stereocenters. The number of Topliss-reactive ketones (excluding diaryl/α,β-unsaturated/α-hetero) is 1. The molecule has 0 heterocycles. The van der Waals surface area contributed by atoms with Gasteiger partial charge in [-0.05, 0) is 31.2 Å². The van der Waals surface area contributed by atoms with Crippen LogP contribution in [-0.2, 0) is 25.8 Å². The van der Waals surface area contributed by atoms with E-state index in [2.05, 4.69) is 20.8 Å². The zero-order valence-corrected chi connectivity index (χ0v) is 18.6. The Balaban J connectivity index is 0. The van der Waals surface area contributed by atoms with Gasteiger partial charge in [-0.25, -0.2) is 8.42 Å². The largest absolute Gasteiger partial charge is 0.743 e. The number of carbonyl (C=O) groups is 1. The molecule has 0 aromatic rings. The van der Waals surface area contributed by atoms with E-state index in [9.17, 15) is 57.3 Å². The van der Waals surface area contributed by atoms with E-state index in [4.69, 9.17) is 0 Å². The van der Waals surface area contributed by atoms with Crippen molar-refractivity contribution in [2.24, 2.45) is 0 Å². The molecular weight excluding hydrogens is 491 g/mol. The van der Waals surface area contributed by atoms with Gasteiger partial charge in [0.2, 0.25) is 0 Å². The highest BCUT2D eigenvalue weighted by Gasteiger charge is 2.83. The minimum atomic E-state index is -7.43. The second kappa shape index (κ2) is 12.5. The molecule has 0 radical (unpaired) electrons. The van der Waals surface area contributed by atoms with Crippen LogP contribution in [0, 0.1) is 0 Å². The van der Waals surface area contributed by atoms with Crippen LogP contribution in [0.3, 0.4) is 0 Å². The lowest BCUT2D eigenvalue weighted by Gasteiger charge is -2.34. The van der Waals surface area contributed by atoms with Crippen LogP contribution in [0.15, 0.2) is 0 Å². The molecule has 0 N–H and O–H groups in total. The van der Waals surface area contributed by atoms with Crippen LogP contribution in [0.2, 0.25) is 0 Å². The van der Waals surface area contributed by atoms with Crippen molar-refractivity contribution >= 4 is 26.8 Å². The first-order valence-corrected chi connectivity index (χ1v) is 12.2. The van der Waals surface area contributed by atoms with E-state index >= 15 is 0 Å². The number of alkyl halides is 9. The maximum Gasteiger partial charge on any atom is 0.460 e. The van der Waals surface area contributed by atoms with E-state index in [0.717, 1.165) is 18.6 Å². The fraction of sp³-hybridized carbons (Fsp3) is 0.938. The van der Waals surface area contributed by atoms with Crippen molar-refractivity contribution < 1.29 is 57.3 Å². The van der Waals surface area contributed by atoms with E-state index in [1.165, 1.54) is 30.8 Å². The predicted octanol–water partition coefficient (Wildman–Crippen LogP) is 5.14. The van der Waals surface area contributed by atoms with E-state index in [0.29, 0.717) is 16.7 Å². The summed E-state index contributed by atoms with van der Waals surface area (Å²) in [6.07, 6.45) is -1.47. The zero-order valence-electron chi connectivity index (χ0n) is 17.0. The van der Waals surface area contributed by atoms with Gasteiger partial charge in [0.15, 0.2) is 21.7 Å². The summed E-state index contributed by atoms with van der Waals surface area (Å²) in [6, 6.07) is 0. The van der Waals surface area contributed by atoms with Gasteiger partial charge in [-0.3, -0.25) is 4.79 Å². The smallest absolute Gasteiger partial charge is 0.460 e. The summed E-state index contributed by atoms with van der Waals surface area (Å²) in [7, 11) is -7.04. The van der Waals surface area contributed by atoms with Gasteiger partial charge >= 0.3 is 23.3 Å². The van der Waals surface area contributed by atoms with Gasteiger partial charge in [0.25, 0.3) is 0 Å². The fourth-order valence-electron chi connectivity index (χ4n) is 1.97. The molecule has 0 spiro atoms. The molecule has 0 aliphatic carbocycles. The Morgan fingerprint density at radius 1 is 0.806 bits per heavy atom. The normalized spacial score (nSPS) is 13.7. The molecule has 31 heavy (non-hydrogen) atoms. The minimum Gasteiger partial charge on any atom is -0.743 e. The number of carbonyl (C=O) groups excluding carboxylic acids is 1. The van der Waals surface area contributed by atoms with Gasteiger partial charge < -0.3 is 4.55 Å². The lowest BCUT2D eigenvalue weighted by Crippen LogP contribution is -2.63. The Morgan fingerprint density at radius 2 is 1.26 bits per heavy atom. The Hall–Kier alpha value is -0.700. The zero-order chi connectivity index (χ0) is 25.3. The number of halogens is 9. The molecule has 0 unspecified atom stereocenters. The summed E-state index contributed by atoms with van der Waals surface area (Å²) in [5, 5.41) is -7.11. The second-order valence-corrected chi connectivity index (χ2v) is 10.4. The molecule has 0 rings (SSSR count). The van der Waals surface area contributed by atoms with Crippen molar-refractivity contribution in [3.63, 3.8) is 0 Å². The minimum absolute atomic E-state index is 0.375. The third-order valence-corrected chi connectivity index (χ3v) is 7.17. The molecule has 0 aliphatic heterocycles. The van der Waals surface area contributed by atoms with Gasteiger partial charge in [-0.2, -0.15) is 39.5 Å². The lowest BCUT2D eigenvalue weighted by molar-refractivity contribution is -0.382.